The fourth-order valence-electron chi connectivity index (χ4n) is 3.11. The number of thiophene rings is 1. The van der Waals surface area contributed by atoms with Gasteiger partial charge < -0.3 is 0 Å². The molecule has 8 heteroatoms. The van der Waals surface area contributed by atoms with Gasteiger partial charge in [0.05, 0.1) is 5.69 Å². The van der Waals surface area contributed by atoms with E-state index in [1.807, 2.05) is 5.38 Å². The number of nitrogens with zero attached hydrogens (tertiary/aromatic N) is 4. The summed E-state index contributed by atoms with van der Waals surface area (Å²) in [5.74, 6) is 0.639. The maximum absolute atomic E-state index is 12.1. The van der Waals surface area contributed by atoms with Crippen LogP contribution in [-0.4, -0.2) is 19.4 Å². The van der Waals surface area contributed by atoms with Gasteiger partial charge in [0.1, 0.15) is 16.2 Å². The van der Waals surface area contributed by atoms with E-state index in [4.69, 9.17) is 0 Å². The summed E-state index contributed by atoms with van der Waals surface area (Å²) in [6.07, 6.45) is 6.91. The van der Waals surface area contributed by atoms with Crippen LogP contribution in [0.5, 0.6) is 0 Å². The number of aromatic nitrogens is 4. The molecule has 4 aromatic rings. The van der Waals surface area contributed by atoms with Crippen LogP contribution in [0.15, 0.2) is 33.8 Å². The van der Waals surface area contributed by atoms with Gasteiger partial charge in [0.2, 0.25) is 0 Å². The van der Waals surface area contributed by atoms with Gasteiger partial charge in [-0.2, -0.15) is 0 Å². The fraction of sp³-hybridized carbons (Fsp3) is 0.250. The van der Waals surface area contributed by atoms with E-state index in [9.17, 15) is 4.79 Å². The summed E-state index contributed by atoms with van der Waals surface area (Å²) in [6, 6.07) is 1.61. The average molecular weight is 373 g/mol. The van der Waals surface area contributed by atoms with Gasteiger partial charge in [-0.15, -0.1) is 22.7 Å². The van der Waals surface area contributed by atoms with E-state index >= 15 is 0 Å². The van der Waals surface area contributed by atoms with Crippen LogP contribution in [0.1, 0.15) is 22.6 Å². The zero-order chi connectivity index (χ0) is 16.1. The van der Waals surface area contributed by atoms with Crippen LogP contribution in [0, 0.1) is 0 Å². The molecule has 0 amide bonds. The highest BCUT2D eigenvalue weighted by Crippen LogP contribution is 2.40. The molecule has 0 saturated carbocycles. The van der Waals surface area contributed by atoms with Gasteiger partial charge in [0, 0.05) is 33.7 Å². The molecule has 5 rings (SSSR count). The summed E-state index contributed by atoms with van der Waals surface area (Å²) in [7, 11) is 0. The van der Waals surface area contributed by atoms with Crippen molar-refractivity contribution < 1.29 is 0 Å². The first-order valence-corrected chi connectivity index (χ1v) is 10.3. The van der Waals surface area contributed by atoms with Crippen molar-refractivity contribution in [1.29, 1.82) is 0 Å². The number of hydrogen-bond donors (Lipinski definition) is 0. The van der Waals surface area contributed by atoms with E-state index in [1.165, 1.54) is 33.6 Å². The van der Waals surface area contributed by atoms with Crippen molar-refractivity contribution in [3.05, 3.63) is 50.5 Å². The molecule has 0 atom stereocenters. The molecule has 0 spiro atoms. The van der Waals surface area contributed by atoms with Gasteiger partial charge >= 0.3 is 0 Å². The zero-order valence-corrected chi connectivity index (χ0v) is 15.0. The Labute approximate surface area is 149 Å². The molecule has 0 saturated heterocycles. The number of hydrogen-bond acceptors (Lipinski definition) is 7. The maximum atomic E-state index is 12.1. The monoisotopic (exact) mass is 372 g/mol. The molecule has 0 N–H and O–H groups in total. The van der Waals surface area contributed by atoms with Crippen LogP contribution in [0.4, 0.5) is 0 Å². The molecule has 24 heavy (non-hydrogen) atoms. The summed E-state index contributed by atoms with van der Waals surface area (Å²) in [6.45, 7) is 0. The average Bonchev–Trinajstić information content (AvgIpc) is 3.27. The smallest absolute Gasteiger partial charge is 0.258 e. The second kappa shape index (κ2) is 5.65. The number of fused-ring (bicyclic) bond motifs is 4. The van der Waals surface area contributed by atoms with Crippen molar-refractivity contribution >= 4 is 49.6 Å². The summed E-state index contributed by atoms with van der Waals surface area (Å²) in [5.41, 5.74) is 2.20. The molecule has 0 aromatic carbocycles. The van der Waals surface area contributed by atoms with Crippen molar-refractivity contribution in [3.63, 3.8) is 0 Å². The van der Waals surface area contributed by atoms with Gasteiger partial charge in [0.15, 0.2) is 4.96 Å². The molecule has 0 aliphatic heterocycles. The van der Waals surface area contributed by atoms with Crippen LogP contribution in [0.25, 0.3) is 15.2 Å². The van der Waals surface area contributed by atoms with Gasteiger partial charge in [0.25, 0.3) is 5.56 Å². The molecule has 120 valence electrons. The van der Waals surface area contributed by atoms with E-state index in [1.54, 1.807) is 46.1 Å². The Kier molecular flexibility index (Phi) is 3.43. The maximum Gasteiger partial charge on any atom is 0.258 e. The number of thiazole rings is 1. The minimum Gasteiger partial charge on any atom is -0.269 e. The zero-order valence-electron chi connectivity index (χ0n) is 12.6. The summed E-state index contributed by atoms with van der Waals surface area (Å²) in [4.78, 5) is 28.9. The first-order chi connectivity index (χ1) is 11.8. The van der Waals surface area contributed by atoms with E-state index < -0.39 is 0 Å². The van der Waals surface area contributed by atoms with Gasteiger partial charge in [-0.05, 0) is 24.8 Å². The minimum absolute atomic E-state index is 0.0268. The number of rotatable bonds is 3. The Hall–Kier alpha value is -1.77. The van der Waals surface area contributed by atoms with E-state index in [-0.39, 0.29) is 5.56 Å². The van der Waals surface area contributed by atoms with Crippen molar-refractivity contribution in [2.24, 2.45) is 0 Å². The Morgan fingerprint density at radius 1 is 1.29 bits per heavy atom. The molecule has 0 fully saturated rings. The normalized spacial score (nSPS) is 13.8. The predicted molar refractivity (Wildman–Crippen MR) is 98.3 cm³/mol. The Morgan fingerprint density at radius 3 is 3.21 bits per heavy atom. The Morgan fingerprint density at radius 2 is 2.25 bits per heavy atom. The molecule has 4 aromatic heterocycles. The highest BCUT2D eigenvalue weighted by Gasteiger charge is 2.21. The topological polar surface area (TPSA) is 60.2 Å². The predicted octanol–water partition coefficient (Wildman–Crippen LogP) is 3.54. The summed E-state index contributed by atoms with van der Waals surface area (Å²) in [5, 5.41) is 4.10. The number of aryl methyl sites for hydroxylation is 2. The van der Waals surface area contributed by atoms with Crippen molar-refractivity contribution in [2.75, 3.05) is 0 Å². The fourth-order valence-corrected chi connectivity index (χ4v) is 6.06. The minimum atomic E-state index is -0.0268. The first kappa shape index (κ1) is 14.6. The lowest BCUT2D eigenvalue weighted by molar-refractivity contribution is 0.915. The number of thioether (sulfide) groups is 1. The quantitative estimate of drug-likeness (QED) is 0.407. The van der Waals surface area contributed by atoms with Gasteiger partial charge in [-0.1, -0.05) is 11.8 Å². The highest BCUT2D eigenvalue weighted by atomic mass is 32.2. The Balaban J connectivity index is 1.51. The lowest BCUT2D eigenvalue weighted by Crippen LogP contribution is -2.12. The third-order valence-corrected chi connectivity index (χ3v) is 7.16. The molecular formula is C16H12N4OS3. The van der Waals surface area contributed by atoms with Crippen LogP contribution < -0.4 is 5.56 Å². The Bertz CT molecular complexity index is 1130. The van der Waals surface area contributed by atoms with Gasteiger partial charge in [-0.25, -0.2) is 15.0 Å². The van der Waals surface area contributed by atoms with E-state index in [0.717, 1.165) is 33.4 Å². The van der Waals surface area contributed by atoms with Crippen molar-refractivity contribution in [3.8, 4) is 0 Å². The molecule has 4 heterocycles. The van der Waals surface area contributed by atoms with Crippen LogP contribution in [0.2, 0.25) is 0 Å². The standard InChI is InChI=1S/C16H12N4OS3/c21-12-6-9(19-16-20(12)4-5-22-16)7-23-14-13-10-2-1-3-11(10)24-15(13)18-8-17-14/h4-6,8H,1-3,7H2. The molecule has 0 radical (unpaired) electrons. The van der Waals surface area contributed by atoms with Crippen LogP contribution in [-0.2, 0) is 18.6 Å². The van der Waals surface area contributed by atoms with E-state index in [0.29, 0.717) is 5.75 Å². The molecule has 1 aliphatic rings. The largest absolute Gasteiger partial charge is 0.269 e. The first-order valence-electron chi connectivity index (χ1n) is 7.63. The van der Waals surface area contributed by atoms with Crippen molar-refractivity contribution in [1.82, 2.24) is 19.4 Å². The van der Waals surface area contributed by atoms with E-state index in [2.05, 4.69) is 15.0 Å². The molecule has 0 unspecified atom stereocenters. The second-order valence-corrected chi connectivity index (χ2v) is 8.57. The van der Waals surface area contributed by atoms with Gasteiger partial charge in [-0.3, -0.25) is 9.20 Å². The molecule has 1 aliphatic carbocycles. The molecule has 5 nitrogen and oxygen atoms in total. The lowest BCUT2D eigenvalue weighted by Gasteiger charge is -2.04. The highest BCUT2D eigenvalue weighted by molar-refractivity contribution is 7.98. The lowest BCUT2D eigenvalue weighted by atomic mass is 10.2. The third kappa shape index (κ3) is 2.28. The summed E-state index contributed by atoms with van der Waals surface area (Å²) < 4.78 is 1.58. The van der Waals surface area contributed by atoms with Crippen LogP contribution in [0.3, 0.4) is 0 Å². The van der Waals surface area contributed by atoms with Crippen molar-refractivity contribution in [2.45, 2.75) is 30.0 Å². The second-order valence-electron chi connectivity index (χ2n) is 5.65. The summed E-state index contributed by atoms with van der Waals surface area (Å²) >= 11 is 4.92. The molecular weight excluding hydrogens is 360 g/mol. The van der Waals surface area contributed by atoms with Crippen LogP contribution >= 0.6 is 34.4 Å². The third-order valence-electron chi connectivity index (χ3n) is 4.18. The molecule has 0 bridgehead atoms. The SMILES string of the molecule is O=c1cc(CSc2ncnc3sc4c(c23)CCC4)nc2sccn12.